The topological polar surface area (TPSA) is 33.9 Å². The zero-order valence-corrected chi connectivity index (χ0v) is 10.5. The van der Waals surface area contributed by atoms with Crippen molar-refractivity contribution in [3.05, 3.63) is 0 Å². The van der Waals surface area contributed by atoms with E-state index >= 15 is 0 Å². The molecule has 0 aromatic rings. The largest absolute Gasteiger partial charge is 0.390 e. The Morgan fingerprint density at radius 1 is 1.00 bits per heavy atom. The Bertz CT molecular complexity index is 297. The molecule has 4 saturated carbocycles. The summed E-state index contributed by atoms with van der Waals surface area (Å²) in [6, 6.07) is 0.843. The lowest BCUT2D eigenvalue weighted by Gasteiger charge is -2.58. The minimum Gasteiger partial charge on any atom is -0.390 e. The normalized spacial score (nSPS) is 54.2. The van der Waals surface area contributed by atoms with E-state index in [0.29, 0.717) is 0 Å². The van der Waals surface area contributed by atoms with Crippen molar-refractivity contribution in [1.82, 2.24) is 0 Å². The van der Waals surface area contributed by atoms with Crippen LogP contribution in [0.15, 0.2) is 0 Å². The molecule has 5 atom stereocenters. The number of ether oxygens (including phenoxy) is 1. The molecule has 96 valence electrons. The number of aliphatic hydroxyl groups is 1. The van der Waals surface area contributed by atoms with Crippen LogP contribution in [-0.4, -0.2) is 43.1 Å². The number of quaternary nitrogens is 1. The Morgan fingerprint density at radius 3 is 2.24 bits per heavy atom. The molecule has 0 spiro atoms. The van der Waals surface area contributed by atoms with E-state index in [1.54, 1.807) is 4.90 Å². The molecule has 1 aliphatic heterocycles. The second-order valence-corrected chi connectivity index (χ2v) is 6.99. The Hall–Kier alpha value is -0.120. The molecule has 2 N–H and O–H groups in total. The van der Waals surface area contributed by atoms with Gasteiger partial charge in [0.25, 0.3) is 0 Å². The third kappa shape index (κ3) is 1.66. The van der Waals surface area contributed by atoms with Gasteiger partial charge in [-0.1, -0.05) is 0 Å². The minimum atomic E-state index is -0.265. The summed E-state index contributed by atoms with van der Waals surface area (Å²) in [6.07, 6.45) is 6.08. The van der Waals surface area contributed by atoms with Crippen molar-refractivity contribution < 1.29 is 14.7 Å². The smallest absolute Gasteiger partial charge is 0.101 e. The van der Waals surface area contributed by atoms with Crippen LogP contribution in [0.1, 0.15) is 32.1 Å². The number of rotatable bonds is 1. The van der Waals surface area contributed by atoms with Crippen molar-refractivity contribution in [1.29, 1.82) is 0 Å². The highest BCUT2D eigenvalue weighted by molar-refractivity contribution is 5.05. The van der Waals surface area contributed by atoms with Crippen LogP contribution in [-0.2, 0) is 4.74 Å². The van der Waals surface area contributed by atoms with Gasteiger partial charge in [-0.25, -0.2) is 0 Å². The summed E-state index contributed by atoms with van der Waals surface area (Å²) in [7, 11) is 0. The fourth-order valence-electron chi connectivity index (χ4n) is 5.61. The molecule has 4 aliphatic carbocycles. The fraction of sp³-hybridized carbons (Fsp3) is 1.00. The first kappa shape index (κ1) is 10.8. The van der Waals surface area contributed by atoms with Gasteiger partial charge in [-0.15, -0.1) is 0 Å². The summed E-state index contributed by atoms with van der Waals surface area (Å²) in [5.41, 5.74) is -0.265. The second-order valence-electron chi connectivity index (χ2n) is 6.99. The molecule has 3 unspecified atom stereocenters. The molecule has 4 bridgehead atoms. The molecule has 5 fully saturated rings. The van der Waals surface area contributed by atoms with Gasteiger partial charge in [0.15, 0.2) is 0 Å². The van der Waals surface area contributed by atoms with Crippen molar-refractivity contribution in [2.24, 2.45) is 17.8 Å². The number of hydrogen-bond acceptors (Lipinski definition) is 2. The Kier molecular flexibility index (Phi) is 2.34. The molecular weight excluding hydrogens is 214 g/mol. The van der Waals surface area contributed by atoms with Gasteiger partial charge in [-0.3, -0.25) is 0 Å². The molecule has 3 nitrogen and oxygen atoms in total. The van der Waals surface area contributed by atoms with Gasteiger partial charge in [0.2, 0.25) is 0 Å². The number of hydrogen-bond donors (Lipinski definition) is 2. The quantitative estimate of drug-likeness (QED) is 0.666. The predicted molar refractivity (Wildman–Crippen MR) is 63.8 cm³/mol. The SMILES string of the molecule is OC12CC3C[C@H](C1)C([NH+]1CCOCC1)[C@@H](C3)C2. The van der Waals surface area contributed by atoms with Crippen molar-refractivity contribution in [3.63, 3.8) is 0 Å². The maximum atomic E-state index is 10.6. The molecule has 5 aliphatic rings. The van der Waals surface area contributed by atoms with Crippen LogP contribution >= 0.6 is 0 Å². The molecule has 0 aromatic carbocycles. The molecule has 1 saturated heterocycles. The van der Waals surface area contributed by atoms with E-state index in [0.717, 1.165) is 56.3 Å². The highest BCUT2D eigenvalue weighted by Gasteiger charge is 2.57. The molecular formula is C14H24NO2+. The third-order valence-electron chi connectivity index (χ3n) is 5.85. The van der Waals surface area contributed by atoms with Crippen LogP contribution < -0.4 is 4.90 Å². The van der Waals surface area contributed by atoms with Gasteiger partial charge in [-0.2, -0.15) is 0 Å². The first-order valence-corrected chi connectivity index (χ1v) is 7.38. The number of morpholine rings is 1. The molecule has 0 radical (unpaired) electrons. The zero-order valence-electron chi connectivity index (χ0n) is 10.5. The van der Waals surface area contributed by atoms with Crippen LogP contribution in [0.4, 0.5) is 0 Å². The monoisotopic (exact) mass is 238 g/mol. The zero-order chi connectivity index (χ0) is 11.5. The lowest BCUT2D eigenvalue weighted by molar-refractivity contribution is -0.943. The van der Waals surface area contributed by atoms with Crippen molar-refractivity contribution in [2.45, 2.75) is 43.7 Å². The van der Waals surface area contributed by atoms with E-state index in [1.165, 1.54) is 25.9 Å². The van der Waals surface area contributed by atoms with E-state index < -0.39 is 0 Å². The van der Waals surface area contributed by atoms with Crippen LogP contribution in [0.2, 0.25) is 0 Å². The fourth-order valence-corrected chi connectivity index (χ4v) is 5.61. The first-order valence-electron chi connectivity index (χ1n) is 7.38. The van der Waals surface area contributed by atoms with Crippen molar-refractivity contribution in [3.8, 4) is 0 Å². The molecule has 1 heterocycles. The van der Waals surface area contributed by atoms with Gasteiger partial charge in [-0.05, 0) is 38.0 Å². The average Bonchev–Trinajstić information content (AvgIpc) is 2.27. The lowest BCUT2D eigenvalue weighted by atomic mass is 9.52. The molecule has 0 aromatic heterocycles. The van der Waals surface area contributed by atoms with E-state index in [2.05, 4.69) is 0 Å². The van der Waals surface area contributed by atoms with Gasteiger partial charge in [0.05, 0.1) is 24.9 Å². The summed E-state index contributed by atoms with van der Waals surface area (Å²) < 4.78 is 5.49. The Morgan fingerprint density at radius 2 is 1.65 bits per heavy atom. The molecule has 0 amide bonds. The molecule has 17 heavy (non-hydrogen) atoms. The van der Waals surface area contributed by atoms with Crippen LogP contribution in [0, 0.1) is 17.8 Å². The van der Waals surface area contributed by atoms with Crippen molar-refractivity contribution in [2.75, 3.05) is 26.3 Å². The van der Waals surface area contributed by atoms with E-state index in [-0.39, 0.29) is 5.60 Å². The van der Waals surface area contributed by atoms with E-state index in [1.807, 2.05) is 0 Å². The summed E-state index contributed by atoms with van der Waals surface area (Å²) in [5, 5.41) is 10.6. The average molecular weight is 238 g/mol. The Balaban J connectivity index is 1.57. The predicted octanol–water partition coefficient (Wildman–Crippen LogP) is -0.159. The Labute approximate surface area is 103 Å². The van der Waals surface area contributed by atoms with Crippen LogP contribution in [0.5, 0.6) is 0 Å². The van der Waals surface area contributed by atoms with Gasteiger partial charge >= 0.3 is 0 Å². The van der Waals surface area contributed by atoms with E-state index in [4.69, 9.17) is 4.74 Å². The van der Waals surface area contributed by atoms with E-state index in [9.17, 15) is 5.11 Å². The second kappa shape index (κ2) is 3.69. The highest BCUT2D eigenvalue weighted by atomic mass is 16.5. The van der Waals surface area contributed by atoms with Gasteiger partial charge in [0.1, 0.15) is 13.1 Å². The van der Waals surface area contributed by atoms with Gasteiger partial charge < -0.3 is 14.7 Å². The minimum absolute atomic E-state index is 0.265. The maximum Gasteiger partial charge on any atom is 0.101 e. The lowest BCUT2D eigenvalue weighted by Crippen LogP contribution is -3.19. The summed E-state index contributed by atoms with van der Waals surface area (Å²) >= 11 is 0. The number of nitrogens with one attached hydrogen (secondary N) is 1. The summed E-state index contributed by atoms with van der Waals surface area (Å²) in [6.45, 7) is 4.28. The van der Waals surface area contributed by atoms with Crippen LogP contribution in [0.3, 0.4) is 0 Å². The molecule has 3 heteroatoms. The summed E-state index contributed by atoms with van der Waals surface area (Å²) in [5.74, 6) is 2.45. The standard InChI is InChI=1S/C14H23NO2/c16-14-7-10-5-11(8-14)13(12(6-10)9-14)15-1-3-17-4-2-15/h10-13,16H,1-9H2/p+1/t10?,11-,12+,13?,14?. The van der Waals surface area contributed by atoms with Crippen molar-refractivity contribution >= 4 is 0 Å². The maximum absolute atomic E-state index is 10.6. The van der Waals surface area contributed by atoms with Crippen LogP contribution in [0.25, 0.3) is 0 Å². The van der Waals surface area contributed by atoms with Gasteiger partial charge in [0, 0.05) is 11.8 Å². The first-order chi connectivity index (χ1) is 8.23. The third-order valence-corrected chi connectivity index (χ3v) is 5.85. The molecule has 5 rings (SSSR count). The highest BCUT2D eigenvalue weighted by Crippen LogP contribution is 2.54. The summed E-state index contributed by atoms with van der Waals surface area (Å²) in [4.78, 5) is 1.79.